The second-order valence-corrected chi connectivity index (χ2v) is 22.7. The summed E-state index contributed by atoms with van der Waals surface area (Å²) in [5.74, 6) is -0.852. The van der Waals surface area contributed by atoms with Gasteiger partial charge in [-0.25, -0.2) is 0 Å². The molecule has 0 amide bonds. The lowest BCUT2D eigenvalue weighted by atomic mass is 10.0. The number of unbranched alkanes of at least 4 members (excludes halogenated alkanes) is 49. The van der Waals surface area contributed by atoms with E-state index in [0.717, 1.165) is 64.2 Å². The molecule has 0 saturated carbocycles. The van der Waals surface area contributed by atoms with Crippen LogP contribution in [0.15, 0.2) is 12.2 Å². The zero-order valence-corrected chi connectivity index (χ0v) is 49.7. The van der Waals surface area contributed by atoms with E-state index < -0.39 is 6.10 Å². The van der Waals surface area contributed by atoms with Crippen LogP contribution in [0.1, 0.15) is 380 Å². The summed E-state index contributed by atoms with van der Waals surface area (Å²) in [6.45, 7) is 6.65. The lowest BCUT2D eigenvalue weighted by molar-refractivity contribution is -0.167. The zero-order valence-electron chi connectivity index (χ0n) is 49.7. The molecule has 0 radical (unpaired) electrons. The van der Waals surface area contributed by atoms with Crippen molar-refractivity contribution in [2.24, 2.45) is 0 Å². The summed E-state index contributed by atoms with van der Waals surface area (Å²) in [7, 11) is 0. The van der Waals surface area contributed by atoms with Crippen molar-refractivity contribution in [3.05, 3.63) is 12.2 Å². The Balaban J connectivity index is 3.98. The molecule has 0 aromatic heterocycles. The van der Waals surface area contributed by atoms with E-state index in [4.69, 9.17) is 14.2 Å². The summed E-state index contributed by atoms with van der Waals surface area (Å²) >= 11 is 0. The van der Waals surface area contributed by atoms with Gasteiger partial charge in [0.25, 0.3) is 0 Å². The second kappa shape index (κ2) is 62.7. The van der Waals surface area contributed by atoms with Crippen LogP contribution >= 0.6 is 0 Å². The van der Waals surface area contributed by atoms with Gasteiger partial charge >= 0.3 is 17.9 Å². The van der Waals surface area contributed by atoms with Gasteiger partial charge in [-0.1, -0.05) is 335 Å². The Kier molecular flexibility index (Phi) is 61.1. The lowest BCUT2D eigenvalue weighted by Crippen LogP contribution is -2.30. The van der Waals surface area contributed by atoms with Gasteiger partial charge in [-0.05, 0) is 38.5 Å². The molecule has 6 heteroatoms. The molecular formula is C67H128O6. The first-order valence-electron chi connectivity index (χ1n) is 33.2. The Morgan fingerprint density at radius 1 is 0.260 bits per heavy atom. The van der Waals surface area contributed by atoms with Crippen molar-refractivity contribution in [1.82, 2.24) is 0 Å². The molecule has 0 aromatic carbocycles. The molecule has 0 aliphatic carbocycles. The molecule has 0 aliphatic heterocycles. The minimum Gasteiger partial charge on any atom is -0.462 e. The van der Waals surface area contributed by atoms with Gasteiger partial charge in [-0.2, -0.15) is 0 Å². The van der Waals surface area contributed by atoms with Crippen LogP contribution in [0.4, 0.5) is 0 Å². The van der Waals surface area contributed by atoms with Crippen LogP contribution in [-0.4, -0.2) is 37.2 Å². The number of esters is 3. The number of allylic oxidation sites excluding steroid dienone is 2. The fourth-order valence-corrected chi connectivity index (χ4v) is 10.3. The molecule has 0 fully saturated rings. The van der Waals surface area contributed by atoms with Gasteiger partial charge in [-0.15, -0.1) is 0 Å². The number of ether oxygens (including phenoxy) is 3. The Bertz CT molecular complexity index is 1130. The summed E-state index contributed by atoms with van der Waals surface area (Å²) < 4.78 is 16.9. The third-order valence-corrected chi connectivity index (χ3v) is 15.3. The molecule has 0 heterocycles. The molecule has 1 atom stereocenters. The quantitative estimate of drug-likeness (QED) is 0.0261. The summed E-state index contributed by atoms with van der Waals surface area (Å²) in [4.78, 5) is 38.1. The standard InChI is InChI=1S/C67H128O6/c1-4-7-10-13-16-19-22-24-25-26-27-28-29-30-31-32-33-34-35-36-37-38-39-40-41-42-43-46-48-51-54-57-60-66(69)72-63-64(62-71-65(68)59-56-53-50-47-44-21-18-15-12-9-6-3)73-67(70)61-58-55-52-49-45-23-20-17-14-11-8-5-2/h15,18,64H,4-14,16-17,19-63H2,1-3H3/b18-15-. The van der Waals surface area contributed by atoms with E-state index in [0.29, 0.717) is 19.3 Å². The highest BCUT2D eigenvalue weighted by molar-refractivity contribution is 5.71. The van der Waals surface area contributed by atoms with Crippen molar-refractivity contribution in [2.45, 2.75) is 386 Å². The monoisotopic (exact) mass is 1030 g/mol. The number of hydrogen-bond acceptors (Lipinski definition) is 6. The van der Waals surface area contributed by atoms with Crippen LogP contribution in [0, 0.1) is 0 Å². The van der Waals surface area contributed by atoms with Crippen molar-refractivity contribution >= 4 is 17.9 Å². The Morgan fingerprint density at radius 3 is 0.726 bits per heavy atom. The fourth-order valence-electron chi connectivity index (χ4n) is 10.3. The third-order valence-electron chi connectivity index (χ3n) is 15.3. The van der Waals surface area contributed by atoms with E-state index in [-0.39, 0.29) is 31.1 Å². The molecule has 0 saturated heterocycles. The minimum absolute atomic E-state index is 0.0666. The van der Waals surface area contributed by atoms with Crippen LogP contribution < -0.4 is 0 Å². The molecule has 0 aromatic rings. The molecular weight excluding hydrogens is 901 g/mol. The highest BCUT2D eigenvalue weighted by Crippen LogP contribution is 2.19. The van der Waals surface area contributed by atoms with Crippen molar-refractivity contribution in [3.8, 4) is 0 Å². The first-order valence-corrected chi connectivity index (χ1v) is 33.2. The van der Waals surface area contributed by atoms with Crippen LogP contribution in [0.5, 0.6) is 0 Å². The lowest BCUT2D eigenvalue weighted by Gasteiger charge is -2.18. The summed E-state index contributed by atoms with van der Waals surface area (Å²) in [6, 6.07) is 0. The van der Waals surface area contributed by atoms with E-state index in [2.05, 4.69) is 32.9 Å². The van der Waals surface area contributed by atoms with Gasteiger partial charge in [0.15, 0.2) is 6.10 Å². The molecule has 0 N–H and O–H groups in total. The SMILES string of the molecule is CCCC/C=C\CCCCCCCC(=O)OCC(COC(=O)CCCCCCCCCCCCCCCCCCCCCCCCCCCCCCCCCC)OC(=O)CCCCCCCCCCCCCC. The van der Waals surface area contributed by atoms with Gasteiger partial charge in [0.2, 0.25) is 0 Å². The second-order valence-electron chi connectivity index (χ2n) is 22.7. The van der Waals surface area contributed by atoms with E-state index in [9.17, 15) is 14.4 Å². The van der Waals surface area contributed by atoms with E-state index in [1.165, 1.54) is 276 Å². The first kappa shape index (κ1) is 71.2. The number of carbonyl (C=O) groups excluding carboxylic acids is 3. The van der Waals surface area contributed by atoms with Gasteiger partial charge < -0.3 is 14.2 Å². The molecule has 0 bridgehead atoms. The minimum atomic E-state index is -0.767. The van der Waals surface area contributed by atoms with Crippen molar-refractivity contribution in [2.75, 3.05) is 13.2 Å². The van der Waals surface area contributed by atoms with Crippen molar-refractivity contribution < 1.29 is 28.6 Å². The van der Waals surface area contributed by atoms with Gasteiger partial charge in [-0.3, -0.25) is 14.4 Å². The van der Waals surface area contributed by atoms with Crippen LogP contribution in [0.2, 0.25) is 0 Å². The van der Waals surface area contributed by atoms with Gasteiger partial charge in [0, 0.05) is 19.3 Å². The molecule has 6 nitrogen and oxygen atoms in total. The Labute approximate surface area is 456 Å². The summed E-state index contributed by atoms with van der Waals surface area (Å²) in [5.41, 5.74) is 0. The van der Waals surface area contributed by atoms with Crippen molar-refractivity contribution in [3.63, 3.8) is 0 Å². The summed E-state index contributed by atoms with van der Waals surface area (Å²) in [6.07, 6.45) is 74.0. The zero-order chi connectivity index (χ0) is 52.9. The fraction of sp³-hybridized carbons (Fsp3) is 0.925. The Hall–Kier alpha value is -1.85. The normalized spacial score (nSPS) is 12.0. The molecule has 0 aliphatic rings. The van der Waals surface area contributed by atoms with Crippen LogP contribution in [0.3, 0.4) is 0 Å². The third kappa shape index (κ3) is 60.9. The number of carbonyl (C=O) groups is 3. The van der Waals surface area contributed by atoms with Crippen LogP contribution in [0.25, 0.3) is 0 Å². The first-order chi connectivity index (χ1) is 36.0. The number of rotatable bonds is 62. The average molecular weight is 1030 g/mol. The summed E-state index contributed by atoms with van der Waals surface area (Å²) in [5, 5.41) is 0. The smallest absolute Gasteiger partial charge is 0.306 e. The highest BCUT2D eigenvalue weighted by Gasteiger charge is 2.19. The maximum absolute atomic E-state index is 12.8. The maximum Gasteiger partial charge on any atom is 0.306 e. The molecule has 1 unspecified atom stereocenters. The van der Waals surface area contributed by atoms with Crippen LogP contribution in [-0.2, 0) is 28.6 Å². The van der Waals surface area contributed by atoms with E-state index in [1.54, 1.807) is 0 Å². The van der Waals surface area contributed by atoms with Crippen molar-refractivity contribution in [1.29, 1.82) is 0 Å². The highest BCUT2D eigenvalue weighted by atomic mass is 16.6. The van der Waals surface area contributed by atoms with E-state index >= 15 is 0 Å². The molecule has 0 spiro atoms. The van der Waals surface area contributed by atoms with E-state index in [1.807, 2.05) is 0 Å². The van der Waals surface area contributed by atoms with Gasteiger partial charge in [0.1, 0.15) is 13.2 Å². The largest absolute Gasteiger partial charge is 0.462 e. The average Bonchev–Trinajstić information content (AvgIpc) is 3.39. The predicted molar refractivity (Wildman–Crippen MR) is 317 cm³/mol. The molecule has 73 heavy (non-hydrogen) atoms. The number of hydrogen-bond donors (Lipinski definition) is 0. The molecule has 432 valence electrons. The topological polar surface area (TPSA) is 78.9 Å². The van der Waals surface area contributed by atoms with Gasteiger partial charge in [0.05, 0.1) is 0 Å². The Morgan fingerprint density at radius 2 is 0.466 bits per heavy atom. The molecule has 0 rings (SSSR count). The predicted octanol–water partition coefficient (Wildman–Crippen LogP) is 22.4. The maximum atomic E-state index is 12.8.